The van der Waals surface area contributed by atoms with Crippen molar-refractivity contribution in [3.05, 3.63) is 40.2 Å². The Hall–Kier alpha value is -2.22. The Bertz CT molecular complexity index is 298. The lowest BCUT2D eigenvalue weighted by atomic mass is 10.3. The van der Waals surface area contributed by atoms with E-state index in [1.54, 1.807) is 12.1 Å². The minimum Gasteiger partial charge on any atom is -0.328 e. The molecule has 0 spiro atoms. The third kappa shape index (κ3) is 5.43. The van der Waals surface area contributed by atoms with Gasteiger partial charge in [-0.25, -0.2) is 5.84 Å². The molecule has 0 bridgehead atoms. The van der Waals surface area contributed by atoms with E-state index in [0.717, 1.165) is 0 Å². The molecule has 8 heteroatoms. The first kappa shape index (κ1) is 11.8. The lowest BCUT2D eigenvalue weighted by Crippen LogP contribution is -2.29. The van der Waals surface area contributed by atoms with Crippen LogP contribution >= 0.6 is 0 Å². The van der Waals surface area contributed by atoms with Crippen LogP contribution in [-0.4, -0.2) is 21.2 Å². The van der Waals surface area contributed by atoms with Gasteiger partial charge in [0.15, 0.2) is 0 Å². The normalized spacial score (nSPS) is 8.07. The number of nitrogens with two attached hydrogens (primary N) is 1. The quantitative estimate of drug-likeness (QED) is 0.238. The fraction of sp³-hybridized carbons (Fsp3) is 0. The van der Waals surface area contributed by atoms with Gasteiger partial charge in [-0.05, 0) is 12.1 Å². The molecule has 0 unspecified atom stereocenters. The number of nitrogens with zero attached hydrogens (tertiary/aromatic N) is 2. The number of hydrogen-bond donors (Lipinski definition) is 3. The molecule has 14 heavy (non-hydrogen) atoms. The van der Waals surface area contributed by atoms with Gasteiger partial charge in [-0.15, -0.1) is 10.1 Å². The summed E-state index contributed by atoms with van der Waals surface area (Å²) in [6.45, 7) is 0. The molecule has 8 nitrogen and oxygen atoms in total. The minimum absolute atomic E-state index is 0.303. The molecule has 0 radical (unpaired) electrons. The monoisotopic (exact) mass is 200 g/mol. The number of hydrazine groups is 1. The van der Waals surface area contributed by atoms with E-state index in [0.29, 0.717) is 5.56 Å². The van der Waals surface area contributed by atoms with Crippen molar-refractivity contribution in [2.24, 2.45) is 5.84 Å². The van der Waals surface area contributed by atoms with Gasteiger partial charge in [0.05, 0.1) is 0 Å². The number of nitrogen functional groups attached to an aromatic ring is 1. The first-order valence-corrected chi connectivity index (χ1v) is 3.32. The summed E-state index contributed by atoms with van der Waals surface area (Å²) in [6, 6.07) is 3.17. The zero-order valence-electron chi connectivity index (χ0n) is 6.95. The van der Waals surface area contributed by atoms with E-state index >= 15 is 0 Å². The van der Waals surface area contributed by atoms with Crippen LogP contribution in [0.15, 0.2) is 24.5 Å². The highest BCUT2D eigenvalue weighted by Crippen LogP contribution is 1.93. The predicted octanol–water partition coefficient (Wildman–Crippen LogP) is -0.663. The van der Waals surface area contributed by atoms with Crippen molar-refractivity contribution in [1.29, 1.82) is 0 Å². The summed E-state index contributed by atoms with van der Waals surface area (Å²) in [5.41, 5.74) is 2.53. The van der Waals surface area contributed by atoms with E-state index in [9.17, 15) is 4.79 Å². The Labute approximate surface area is 78.4 Å². The summed E-state index contributed by atoms with van der Waals surface area (Å²) in [5, 5.41) is 13.6. The Morgan fingerprint density at radius 2 is 2.00 bits per heavy atom. The summed E-state index contributed by atoms with van der Waals surface area (Å²) >= 11 is 0. The van der Waals surface area contributed by atoms with Crippen LogP contribution in [0.2, 0.25) is 0 Å². The molecule has 1 aromatic heterocycles. The summed E-state index contributed by atoms with van der Waals surface area (Å²) in [4.78, 5) is 22.9. The van der Waals surface area contributed by atoms with Gasteiger partial charge in [-0.2, -0.15) is 0 Å². The van der Waals surface area contributed by atoms with Crippen LogP contribution < -0.4 is 11.3 Å². The molecule has 0 aliphatic rings. The lowest BCUT2D eigenvalue weighted by Gasteiger charge is -1.95. The molecule has 0 aliphatic heterocycles. The van der Waals surface area contributed by atoms with E-state index in [1.807, 2.05) is 5.43 Å². The molecular weight excluding hydrogens is 192 g/mol. The van der Waals surface area contributed by atoms with Crippen LogP contribution in [0.5, 0.6) is 0 Å². The van der Waals surface area contributed by atoms with E-state index in [1.165, 1.54) is 12.4 Å². The van der Waals surface area contributed by atoms with Crippen molar-refractivity contribution in [3.63, 3.8) is 0 Å². The minimum atomic E-state index is -1.50. The highest BCUT2D eigenvalue weighted by atomic mass is 16.9. The van der Waals surface area contributed by atoms with Crippen molar-refractivity contribution >= 4 is 5.91 Å². The SMILES string of the molecule is NNC(=O)c1ccncc1.O=[N+]([O-])O. The average Bonchev–Trinajstić information content (AvgIpc) is 2.17. The van der Waals surface area contributed by atoms with Crippen molar-refractivity contribution in [1.82, 2.24) is 10.4 Å². The fourth-order valence-electron chi connectivity index (χ4n) is 0.587. The maximum atomic E-state index is 10.7. The summed E-state index contributed by atoms with van der Waals surface area (Å²) in [6.07, 6.45) is 3.06. The predicted molar refractivity (Wildman–Crippen MR) is 44.7 cm³/mol. The molecule has 0 aliphatic carbocycles. The third-order valence-corrected chi connectivity index (χ3v) is 1.07. The molecule has 0 saturated carbocycles. The second-order valence-corrected chi connectivity index (χ2v) is 1.95. The molecule has 4 N–H and O–H groups in total. The maximum Gasteiger partial charge on any atom is 0.291 e. The average molecular weight is 200 g/mol. The fourth-order valence-corrected chi connectivity index (χ4v) is 0.587. The smallest absolute Gasteiger partial charge is 0.291 e. The van der Waals surface area contributed by atoms with Crippen LogP contribution in [0.3, 0.4) is 0 Å². The standard InChI is InChI=1S/C6H7N3O.HNO3/c7-9-6(10)5-1-3-8-4-2-5;2-1(3)4/h1-4H,7H2,(H,9,10);(H,2,3,4). The molecule has 1 amide bonds. The van der Waals surface area contributed by atoms with Gasteiger partial charge >= 0.3 is 0 Å². The Kier molecular flexibility index (Phi) is 5.31. The number of pyridine rings is 1. The Morgan fingerprint density at radius 1 is 1.57 bits per heavy atom. The largest absolute Gasteiger partial charge is 0.328 e. The summed E-state index contributed by atoms with van der Waals surface area (Å²) < 4.78 is 0. The van der Waals surface area contributed by atoms with Gasteiger partial charge in [0.2, 0.25) is 0 Å². The summed E-state index contributed by atoms with van der Waals surface area (Å²) in [7, 11) is 0. The highest BCUT2D eigenvalue weighted by Gasteiger charge is 1.98. The molecule has 1 rings (SSSR count). The molecule has 1 aromatic rings. The zero-order valence-corrected chi connectivity index (χ0v) is 6.95. The number of nitrogens with one attached hydrogen (secondary N) is 1. The summed E-state index contributed by atoms with van der Waals surface area (Å²) in [5.74, 6) is 4.58. The van der Waals surface area contributed by atoms with Crippen LogP contribution in [0.4, 0.5) is 0 Å². The molecule has 0 aromatic carbocycles. The van der Waals surface area contributed by atoms with Crippen molar-refractivity contribution in [2.75, 3.05) is 0 Å². The second-order valence-electron chi connectivity index (χ2n) is 1.95. The lowest BCUT2D eigenvalue weighted by molar-refractivity contribution is -0.742. The van der Waals surface area contributed by atoms with E-state index in [4.69, 9.17) is 21.2 Å². The maximum absolute atomic E-state index is 10.7. The van der Waals surface area contributed by atoms with E-state index < -0.39 is 5.09 Å². The first-order chi connectivity index (χ1) is 6.57. The van der Waals surface area contributed by atoms with Gasteiger partial charge in [0.25, 0.3) is 11.0 Å². The van der Waals surface area contributed by atoms with Crippen molar-refractivity contribution in [3.8, 4) is 0 Å². The molecule has 1 heterocycles. The number of rotatable bonds is 1. The molecule has 0 saturated heterocycles. The molecular formula is C6H8N4O4. The van der Waals surface area contributed by atoms with Gasteiger partial charge in [-0.1, -0.05) is 0 Å². The highest BCUT2D eigenvalue weighted by molar-refractivity contribution is 5.93. The van der Waals surface area contributed by atoms with E-state index in [-0.39, 0.29) is 5.91 Å². The molecule has 0 fully saturated rings. The van der Waals surface area contributed by atoms with Crippen LogP contribution in [-0.2, 0) is 0 Å². The van der Waals surface area contributed by atoms with Crippen LogP contribution in [0.1, 0.15) is 10.4 Å². The first-order valence-electron chi connectivity index (χ1n) is 3.32. The van der Waals surface area contributed by atoms with Crippen molar-refractivity contribution in [2.45, 2.75) is 0 Å². The van der Waals surface area contributed by atoms with Gasteiger partial charge in [0, 0.05) is 18.0 Å². The number of hydrogen-bond acceptors (Lipinski definition) is 5. The van der Waals surface area contributed by atoms with Crippen LogP contribution in [0, 0.1) is 10.1 Å². The van der Waals surface area contributed by atoms with Gasteiger partial charge in [0.1, 0.15) is 0 Å². The second kappa shape index (κ2) is 6.31. The zero-order chi connectivity index (χ0) is 11.0. The topological polar surface area (TPSA) is 131 Å². The number of amides is 1. The number of carbonyl (C=O) groups excluding carboxylic acids is 1. The van der Waals surface area contributed by atoms with E-state index in [2.05, 4.69) is 4.98 Å². The molecule has 0 atom stereocenters. The number of aromatic nitrogens is 1. The van der Waals surface area contributed by atoms with Crippen LogP contribution in [0.25, 0.3) is 0 Å². The Balaban J connectivity index is 0.000000364. The van der Waals surface area contributed by atoms with Gasteiger partial charge in [-0.3, -0.25) is 15.2 Å². The Morgan fingerprint density at radius 3 is 2.36 bits per heavy atom. The van der Waals surface area contributed by atoms with Gasteiger partial charge < -0.3 is 5.21 Å². The number of carbonyl (C=O) groups is 1. The third-order valence-electron chi connectivity index (χ3n) is 1.07. The molecule has 76 valence electrons. The van der Waals surface area contributed by atoms with Crippen molar-refractivity contribution < 1.29 is 15.1 Å².